The Morgan fingerprint density at radius 3 is 2.78 bits per heavy atom. The van der Waals surface area contributed by atoms with Crippen LogP contribution in [0.3, 0.4) is 0 Å². The zero-order valence-corrected chi connectivity index (χ0v) is 14.2. The largest absolute Gasteiger partial charge is 0.434 e. The highest BCUT2D eigenvalue weighted by molar-refractivity contribution is 6.31. The van der Waals surface area contributed by atoms with Gasteiger partial charge in [-0.05, 0) is 30.3 Å². The number of imidazole rings is 1. The summed E-state index contributed by atoms with van der Waals surface area (Å²) >= 11 is 6.15. The molecular weight excluding hydrogens is 380 g/mol. The van der Waals surface area contributed by atoms with Crippen LogP contribution >= 0.6 is 11.6 Å². The Bertz CT molecular complexity index is 1110. The molecule has 9 heteroatoms. The molecule has 0 radical (unpaired) electrons. The average molecular weight is 390 g/mol. The lowest BCUT2D eigenvalue weighted by atomic mass is 10.2. The lowest BCUT2D eigenvalue weighted by molar-refractivity contribution is -0.129. The quantitative estimate of drug-likeness (QED) is 0.501. The molecule has 0 fully saturated rings. The standard InChI is InChI=1S/C18H10ClF2N3O3/c19-15-12(24-8-4-3-7-14(24)23-15)9-11-17(25)27-16(22-11)10-5-1-2-6-13(10)26-18(20)21/h1-9,18H. The number of aromatic nitrogens is 2. The van der Waals surface area contributed by atoms with E-state index in [1.165, 1.54) is 24.3 Å². The Kier molecular flexibility index (Phi) is 4.33. The number of ether oxygens (including phenoxy) is 2. The minimum absolute atomic E-state index is 0.0376. The van der Waals surface area contributed by atoms with Crippen LogP contribution in [0.1, 0.15) is 11.3 Å². The molecule has 2 aromatic heterocycles. The molecule has 0 aliphatic carbocycles. The van der Waals surface area contributed by atoms with E-state index in [-0.39, 0.29) is 28.1 Å². The Morgan fingerprint density at radius 1 is 1.19 bits per heavy atom. The first kappa shape index (κ1) is 17.2. The number of carbonyl (C=O) groups excluding carboxylic acids is 1. The molecule has 4 rings (SSSR count). The Balaban J connectivity index is 1.76. The number of nitrogens with zero attached hydrogens (tertiary/aromatic N) is 3. The molecule has 0 saturated heterocycles. The predicted octanol–water partition coefficient (Wildman–Crippen LogP) is 3.93. The summed E-state index contributed by atoms with van der Waals surface area (Å²) in [5.41, 5.74) is 1.14. The molecule has 0 N–H and O–H groups in total. The van der Waals surface area contributed by atoms with E-state index in [1.807, 2.05) is 0 Å². The maximum atomic E-state index is 12.6. The maximum absolute atomic E-state index is 12.6. The molecule has 1 aliphatic heterocycles. The van der Waals surface area contributed by atoms with Gasteiger partial charge in [0.15, 0.2) is 10.9 Å². The number of hydrogen-bond acceptors (Lipinski definition) is 5. The molecule has 27 heavy (non-hydrogen) atoms. The van der Waals surface area contributed by atoms with Crippen LogP contribution in [0.2, 0.25) is 5.15 Å². The first-order valence-corrected chi connectivity index (χ1v) is 8.10. The molecule has 0 spiro atoms. The van der Waals surface area contributed by atoms with Crippen molar-refractivity contribution in [2.24, 2.45) is 4.99 Å². The van der Waals surface area contributed by atoms with E-state index in [1.54, 1.807) is 34.9 Å². The minimum atomic E-state index is -3.02. The molecule has 3 heterocycles. The van der Waals surface area contributed by atoms with E-state index in [2.05, 4.69) is 14.7 Å². The molecule has 0 saturated carbocycles. The lowest BCUT2D eigenvalue weighted by Gasteiger charge is -2.08. The van der Waals surface area contributed by atoms with Gasteiger partial charge in [-0.25, -0.2) is 14.8 Å². The highest BCUT2D eigenvalue weighted by Gasteiger charge is 2.27. The van der Waals surface area contributed by atoms with Crippen LogP contribution in [-0.2, 0) is 9.53 Å². The summed E-state index contributed by atoms with van der Waals surface area (Å²) in [5.74, 6) is -1.01. The number of benzene rings is 1. The van der Waals surface area contributed by atoms with Gasteiger partial charge in [0, 0.05) is 6.20 Å². The number of alkyl halides is 2. The maximum Gasteiger partial charge on any atom is 0.387 e. The molecule has 136 valence electrons. The van der Waals surface area contributed by atoms with E-state index < -0.39 is 12.6 Å². The number of cyclic esters (lactones) is 1. The summed E-state index contributed by atoms with van der Waals surface area (Å²) in [6.45, 7) is -3.02. The summed E-state index contributed by atoms with van der Waals surface area (Å²) in [6.07, 6.45) is 3.16. The van der Waals surface area contributed by atoms with Gasteiger partial charge < -0.3 is 9.47 Å². The summed E-state index contributed by atoms with van der Waals surface area (Å²) in [6, 6.07) is 11.3. The second-order valence-corrected chi connectivity index (χ2v) is 5.79. The van der Waals surface area contributed by atoms with Crippen molar-refractivity contribution in [3.8, 4) is 5.75 Å². The zero-order chi connectivity index (χ0) is 19.0. The first-order valence-electron chi connectivity index (χ1n) is 7.72. The second-order valence-electron chi connectivity index (χ2n) is 5.43. The predicted molar refractivity (Wildman–Crippen MR) is 93.9 cm³/mol. The van der Waals surface area contributed by atoms with Gasteiger partial charge in [0.1, 0.15) is 11.4 Å². The summed E-state index contributed by atoms with van der Waals surface area (Å²) in [7, 11) is 0. The van der Waals surface area contributed by atoms with Gasteiger partial charge in [0.05, 0.1) is 11.3 Å². The molecule has 6 nitrogen and oxygen atoms in total. The molecule has 0 bridgehead atoms. The topological polar surface area (TPSA) is 65.2 Å². The number of pyridine rings is 1. The number of hydrogen-bond donors (Lipinski definition) is 0. The van der Waals surface area contributed by atoms with Gasteiger partial charge in [0.25, 0.3) is 0 Å². The third-order valence-corrected chi connectivity index (χ3v) is 4.03. The fraction of sp³-hybridized carbons (Fsp3) is 0.0556. The van der Waals surface area contributed by atoms with Crippen molar-refractivity contribution in [1.82, 2.24) is 9.38 Å². The van der Waals surface area contributed by atoms with Crippen molar-refractivity contribution in [2.75, 3.05) is 0 Å². The van der Waals surface area contributed by atoms with Crippen molar-refractivity contribution in [2.45, 2.75) is 6.61 Å². The summed E-state index contributed by atoms with van der Waals surface area (Å²) < 4.78 is 36.4. The van der Waals surface area contributed by atoms with Crippen molar-refractivity contribution in [1.29, 1.82) is 0 Å². The average Bonchev–Trinajstić information content (AvgIpc) is 3.15. The Morgan fingerprint density at radius 2 is 1.96 bits per heavy atom. The summed E-state index contributed by atoms with van der Waals surface area (Å²) in [4.78, 5) is 20.5. The fourth-order valence-electron chi connectivity index (χ4n) is 2.61. The van der Waals surface area contributed by atoms with Crippen LogP contribution < -0.4 is 4.74 Å². The molecule has 1 aromatic carbocycles. The molecule has 0 atom stereocenters. The van der Waals surface area contributed by atoms with Crippen LogP contribution in [0.5, 0.6) is 5.75 Å². The second kappa shape index (κ2) is 6.81. The van der Waals surface area contributed by atoms with Crippen LogP contribution in [0.4, 0.5) is 8.78 Å². The molecule has 1 aliphatic rings. The normalized spacial score (nSPS) is 15.5. The van der Waals surface area contributed by atoms with Crippen LogP contribution in [0.25, 0.3) is 11.7 Å². The van der Waals surface area contributed by atoms with Gasteiger partial charge >= 0.3 is 12.6 Å². The SMILES string of the molecule is O=C1OC(c2ccccc2OC(F)F)=NC1=Cc1c(Cl)nc2ccccn12. The molecule has 3 aromatic rings. The fourth-order valence-corrected chi connectivity index (χ4v) is 2.84. The Hall–Kier alpha value is -3.26. The number of rotatable bonds is 4. The number of fused-ring (bicyclic) bond motifs is 1. The van der Waals surface area contributed by atoms with Crippen LogP contribution in [-0.4, -0.2) is 27.9 Å². The van der Waals surface area contributed by atoms with Gasteiger partial charge in [0.2, 0.25) is 5.90 Å². The minimum Gasteiger partial charge on any atom is -0.434 e. The molecule has 0 amide bonds. The highest BCUT2D eigenvalue weighted by atomic mass is 35.5. The van der Waals surface area contributed by atoms with E-state index >= 15 is 0 Å². The highest BCUT2D eigenvalue weighted by Crippen LogP contribution is 2.27. The van der Waals surface area contributed by atoms with Crippen molar-refractivity contribution >= 4 is 35.2 Å². The monoisotopic (exact) mass is 389 g/mol. The van der Waals surface area contributed by atoms with E-state index in [0.29, 0.717) is 11.3 Å². The van der Waals surface area contributed by atoms with Gasteiger partial charge in [-0.1, -0.05) is 29.8 Å². The van der Waals surface area contributed by atoms with Crippen LogP contribution in [0, 0.1) is 0 Å². The lowest BCUT2D eigenvalue weighted by Crippen LogP contribution is -2.10. The smallest absolute Gasteiger partial charge is 0.387 e. The number of para-hydroxylation sites is 1. The van der Waals surface area contributed by atoms with Crippen molar-refractivity contribution in [3.05, 3.63) is 70.8 Å². The number of halogens is 3. The molecular formula is C18H10ClF2N3O3. The third kappa shape index (κ3) is 3.26. The van der Waals surface area contributed by atoms with Crippen molar-refractivity contribution in [3.63, 3.8) is 0 Å². The molecule has 0 unspecified atom stereocenters. The number of carbonyl (C=O) groups is 1. The number of aliphatic imine (C=N–C) groups is 1. The van der Waals surface area contributed by atoms with Gasteiger partial charge in [-0.3, -0.25) is 4.40 Å². The number of esters is 1. The summed E-state index contributed by atoms with van der Waals surface area (Å²) in [5, 5.41) is 0.187. The van der Waals surface area contributed by atoms with E-state index in [4.69, 9.17) is 16.3 Å². The van der Waals surface area contributed by atoms with Crippen LogP contribution in [0.15, 0.2) is 59.4 Å². The zero-order valence-electron chi connectivity index (χ0n) is 13.5. The van der Waals surface area contributed by atoms with Gasteiger partial charge in [-0.15, -0.1) is 0 Å². The third-order valence-electron chi connectivity index (χ3n) is 3.75. The Labute approximate surface area is 156 Å². The van der Waals surface area contributed by atoms with E-state index in [0.717, 1.165) is 0 Å². The first-order chi connectivity index (χ1) is 13.0. The van der Waals surface area contributed by atoms with Crippen molar-refractivity contribution < 1.29 is 23.0 Å². The van der Waals surface area contributed by atoms with Gasteiger partial charge in [-0.2, -0.15) is 8.78 Å². The van der Waals surface area contributed by atoms with E-state index in [9.17, 15) is 13.6 Å².